The van der Waals surface area contributed by atoms with E-state index >= 15 is 0 Å². The molecule has 0 N–H and O–H groups in total. The second-order valence-electron chi connectivity index (χ2n) is 6.52. The number of esters is 1. The van der Waals surface area contributed by atoms with Crippen molar-refractivity contribution in [2.24, 2.45) is 0 Å². The van der Waals surface area contributed by atoms with Crippen molar-refractivity contribution < 1.29 is 9.53 Å². The van der Waals surface area contributed by atoms with Crippen molar-refractivity contribution in [3.63, 3.8) is 0 Å². The van der Waals surface area contributed by atoms with Crippen LogP contribution in [0.4, 0.5) is 0 Å². The molecule has 6 nitrogen and oxygen atoms in total. The van der Waals surface area contributed by atoms with Gasteiger partial charge in [0.05, 0.1) is 22.8 Å². The number of hydrogen-bond acceptors (Lipinski definition) is 5. The molecule has 0 spiro atoms. The summed E-state index contributed by atoms with van der Waals surface area (Å²) in [5.41, 5.74) is 2.66. The number of pyridine rings is 2. The van der Waals surface area contributed by atoms with Crippen LogP contribution >= 0.6 is 15.9 Å². The molecule has 0 saturated carbocycles. The van der Waals surface area contributed by atoms with Gasteiger partial charge in [-0.25, -0.2) is 19.4 Å². The molecule has 0 unspecified atom stereocenters. The number of carbonyl (C=O) groups is 1. The Bertz CT molecular complexity index is 1160. The van der Waals surface area contributed by atoms with Crippen LogP contribution in [0.15, 0.2) is 65.5 Å². The molecule has 0 saturated heterocycles. The third-order valence-corrected chi connectivity index (χ3v) is 4.87. The van der Waals surface area contributed by atoms with Gasteiger partial charge >= 0.3 is 5.97 Å². The van der Waals surface area contributed by atoms with Crippen LogP contribution in [0.3, 0.4) is 0 Å². The first-order valence-electron chi connectivity index (χ1n) is 8.81. The lowest BCUT2D eigenvalue weighted by atomic mass is 10.1. The van der Waals surface area contributed by atoms with Crippen LogP contribution in [0, 0.1) is 0 Å². The minimum Gasteiger partial charge on any atom is -0.420 e. The average Bonchev–Trinajstić information content (AvgIpc) is 3.14. The highest BCUT2D eigenvalue weighted by Gasteiger charge is 2.20. The molecule has 0 bridgehead atoms. The van der Waals surface area contributed by atoms with E-state index < -0.39 is 5.97 Å². The summed E-state index contributed by atoms with van der Waals surface area (Å²) >= 11 is 3.30. The number of benzene rings is 1. The first-order valence-corrected chi connectivity index (χ1v) is 9.60. The largest absolute Gasteiger partial charge is 0.420 e. The Labute approximate surface area is 170 Å². The van der Waals surface area contributed by atoms with E-state index in [4.69, 9.17) is 9.72 Å². The molecule has 1 aromatic carbocycles. The molecule has 4 rings (SSSR count). The van der Waals surface area contributed by atoms with E-state index in [9.17, 15) is 4.79 Å². The number of nitrogens with zero attached hydrogens (tertiary/aromatic N) is 4. The average molecular weight is 437 g/mol. The van der Waals surface area contributed by atoms with Crippen molar-refractivity contribution in [2.75, 3.05) is 0 Å². The number of rotatable bonds is 4. The molecule has 0 radical (unpaired) electrons. The van der Waals surface area contributed by atoms with Gasteiger partial charge in [-0.15, -0.1) is 0 Å². The molecule has 0 amide bonds. The van der Waals surface area contributed by atoms with E-state index in [2.05, 4.69) is 26.0 Å². The van der Waals surface area contributed by atoms with Crippen molar-refractivity contribution in [3.8, 4) is 17.0 Å². The topological polar surface area (TPSA) is 69.9 Å². The lowest BCUT2D eigenvalue weighted by molar-refractivity contribution is 0.0735. The van der Waals surface area contributed by atoms with Gasteiger partial charge in [-0.3, -0.25) is 0 Å². The number of carbonyl (C=O) groups excluding carboxylic acids is 1. The highest BCUT2D eigenvalue weighted by Crippen LogP contribution is 2.28. The van der Waals surface area contributed by atoms with Crippen molar-refractivity contribution in [1.82, 2.24) is 19.7 Å². The highest BCUT2D eigenvalue weighted by atomic mass is 79.9. The van der Waals surface area contributed by atoms with Crippen LogP contribution in [0.2, 0.25) is 0 Å². The lowest BCUT2D eigenvalue weighted by Gasteiger charge is -2.11. The van der Waals surface area contributed by atoms with Gasteiger partial charge in [0.1, 0.15) is 4.60 Å². The normalized spacial score (nSPS) is 11.1. The van der Waals surface area contributed by atoms with Gasteiger partial charge < -0.3 is 4.74 Å². The fourth-order valence-corrected chi connectivity index (χ4v) is 3.26. The number of fused-ring (bicyclic) bond motifs is 1. The van der Waals surface area contributed by atoms with Crippen molar-refractivity contribution in [3.05, 3.63) is 71.1 Å². The van der Waals surface area contributed by atoms with Gasteiger partial charge in [-0.05, 0) is 48.0 Å². The standard InChI is InChI=1S/C21H17BrN4O2/c1-13(2)26-20-16(12-24-26)15(11-17(25-20)14-7-4-3-5-8-14)21(27)28-18-9-6-10-23-19(18)22/h3-13H,1-2H3. The molecule has 0 atom stereocenters. The minimum atomic E-state index is -0.485. The summed E-state index contributed by atoms with van der Waals surface area (Å²) in [6.07, 6.45) is 3.28. The molecular weight excluding hydrogens is 420 g/mol. The Balaban J connectivity index is 1.86. The van der Waals surface area contributed by atoms with Gasteiger partial charge in [-0.2, -0.15) is 5.10 Å². The predicted octanol–water partition coefficient (Wildman–Crippen LogP) is 5.06. The SMILES string of the molecule is CC(C)n1ncc2c(C(=O)Oc3cccnc3Br)cc(-c3ccccc3)nc21. The summed E-state index contributed by atoms with van der Waals surface area (Å²) in [5.74, 6) is -0.128. The third kappa shape index (κ3) is 3.41. The van der Waals surface area contributed by atoms with Crippen molar-refractivity contribution >= 4 is 32.9 Å². The zero-order valence-electron chi connectivity index (χ0n) is 15.3. The van der Waals surface area contributed by atoms with Crippen LogP contribution in [0.1, 0.15) is 30.2 Å². The Morgan fingerprint density at radius 1 is 1.14 bits per heavy atom. The van der Waals surface area contributed by atoms with Gasteiger partial charge in [0.2, 0.25) is 0 Å². The molecule has 28 heavy (non-hydrogen) atoms. The maximum Gasteiger partial charge on any atom is 0.344 e. The fourth-order valence-electron chi connectivity index (χ4n) is 2.92. The lowest BCUT2D eigenvalue weighted by Crippen LogP contribution is -2.11. The summed E-state index contributed by atoms with van der Waals surface area (Å²) in [4.78, 5) is 21.9. The third-order valence-electron chi connectivity index (χ3n) is 4.27. The second kappa shape index (κ2) is 7.52. The van der Waals surface area contributed by atoms with Gasteiger partial charge in [0.25, 0.3) is 0 Å². The quantitative estimate of drug-likeness (QED) is 0.330. The van der Waals surface area contributed by atoms with Crippen LogP contribution in [0.5, 0.6) is 5.75 Å². The van der Waals surface area contributed by atoms with Crippen LogP contribution in [-0.2, 0) is 0 Å². The minimum absolute atomic E-state index is 0.104. The Morgan fingerprint density at radius 2 is 1.93 bits per heavy atom. The highest BCUT2D eigenvalue weighted by molar-refractivity contribution is 9.10. The van der Waals surface area contributed by atoms with E-state index in [0.29, 0.717) is 32.6 Å². The van der Waals surface area contributed by atoms with Gasteiger partial charge in [-0.1, -0.05) is 30.3 Å². The maximum absolute atomic E-state index is 13.0. The summed E-state index contributed by atoms with van der Waals surface area (Å²) in [7, 11) is 0. The van der Waals surface area contributed by atoms with Gasteiger partial charge in [0.15, 0.2) is 11.4 Å². The number of halogens is 1. The molecule has 4 aromatic rings. The monoisotopic (exact) mass is 436 g/mol. The molecule has 3 aromatic heterocycles. The van der Waals surface area contributed by atoms with E-state index in [1.165, 1.54) is 0 Å². The first kappa shape index (κ1) is 18.3. The van der Waals surface area contributed by atoms with Crippen LogP contribution in [-0.4, -0.2) is 25.7 Å². The molecule has 0 aliphatic carbocycles. The van der Waals surface area contributed by atoms with Crippen molar-refractivity contribution in [2.45, 2.75) is 19.9 Å². The molecular formula is C21H17BrN4O2. The van der Waals surface area contributed by atoms with E-state index in [1.54, 1.807) is 35.3 Å². The molecule has 140 valence electrons. The molecule has 3 heterocycles. The zero-order chi connectivity index (χ0) is 19.7. The number of hydrogen-bond donors (Lipinski definition) is 0. The summed E-state index contributed by atoms with van der Waals surface area (Å²) in [6.45, 7) is 4.04. The Kier molecular flexibility index (Phi) is 4.92. The first-order chi connectivity index (χ1) is 13.5. The molecule has 0 aliphatic rings. The Morgan fingerprint density at radius 3 is 2.64 bits per heavy atom. The maximum atomic E-state index is 13.0. The van der Waals surface area contributed by atoms with Crippen LogP contribution in [0.25, 0.3) is 22.3 Å². The smallest absolute Gasteiger partial charge is 0.344 e. The second-order valence-corrected chi connectivity index (χ2v) is 7.27. The van der Waals surface area contributed by atoms with E-state index in [1.807, 2.05) is 44.2 Å². The predicted molar refractivity (Wildman–Crippen MR) is 110 cm³/mol. The fraction of sp³-hybridized carbons (Fsp3) is 0.143. The zero-order valence-corrected chi connectivity index (χ0v) is 16.9. The molecule has 0 aliphatic heterocycles. The van der Waals surface area contributed by atoms with Gasteiger partial charge in [0, 0.05) is 17.8 Å². The van der Waals surface area contributed by atoms with E-state index in [-0.39, 0.29) is 6.04 Å². The molecule has 7 heteroatoms. The van der Waals surface area contributed by atoms with E-state index in [0.717, 1.165) is 5.56 Å². The number of aromatic nitrogens is 4. The summed E-state index contributed by atoms with van der Waals surface area (Å²) in [6, 6.07) is 15.0. The van der Waals surface area contributed by atoms with Crippen LogP contribution < -0.4 is 4.74 Å². The summed E-state index contributed by atoms with van der Waals surface area (Å²) < 4.78 is 7.86. The molecule has 0 fully saturated rings. The van der Waals surface area contributed by atoms with Crippen molar-refractivity contribution in [1.29, 1.82) is 0 Å². The Hall–Kier alpha value is -3.06. The summed E-state index contributed by atoms with van der Waals surface area (Å²) in [5, 5.41) is 5.07. The number of ether oxygens (including phenoxy) is 1.